The second-order valence-corrected chi connectivity index (χ2v) is 5.05. The molecule has 0 bridgehead atoms. The number of hydrogen-bond donors (Lipinski definition) is 1. The van der Waals surface area contributed by atoms with Gasteiger partial charge in [0, 0.05) is 0 Å². The van der Waals surface area contributed by atoms with Gasteiger partial charge < -0.3 is 5.11 Å². The Morgan fingerprint density at radius 1 is 1.00 bits per heavy atom. The van der Waals surface area contributed by atoms with Crippen LogP contribution in [-0.2, 0) is 0 Å². The Labute approximate surface area is 96.8 Å². The fraction of sp³-hybridized carbons (Fsp3) is 0.467. The van der Waals surface area contributed by atoms with Crippen LogP contribution in [0.15, 0.2) is 30.3 Å². The van der Waals surface area contributed by atoms with Crippen LogP contribution in [0.1, 0.15) is 49.1 Å². The van der Waals surface area contributed by atoms with E-state index in [4.69, 9.17) is 0 Å². The molecule has 1 atom stereocenters. The summed E-state index contributed by atoms with van der Waals surface area (Å²) >= 11 is 0. The molecule has 0 aromatic heterocycles. The van der Waals surface area contributed by atoms with Crippen LogP contribution >= 0.6 is 0 Å². The van der Waals surface area contributed by atoms with Crippen molar-refractivity contribution in [1.29, 1.82) is 0 Å². The van der Waals surface area contributed by atoms with E-state index in [0.717, 1.165) is 18.8 Å². The monoisotopic (exact) mass is 214 g/mol. The molecule has 84 valence electrons. The van der Waals surface area contributed by atoms with Gasteiger partial charge >= 0.3 is 0 Å². The quantitative estimate of drug-likeness (QED) is 0.799. The summed E-state index contributed by atoms with van der Waals surface area (Å²) in [7, 11) is 0. The van der Waals surface area contributed by atoms with E-state index in [1.807, 2.05) is 6.08 Å². The third-order valence-electron chi connectivity index (χ3n) is 3.96. The molecule has 0 amide bonds. The van der Waals surface area contributed by atoms with Gasteiger partial charge in [0.05, 0.1) is 6.10 Å². The first-order valence-electron chi connectivity index (χ1n) is 6.32. The highest BCUT2D eigenvalue weighted by Gasteiger charge is 2.19. The standard InChI is InChI=1S/C15H18O/c16-15-9-8-14(10-15)13-6-4-12(5-7-13)11-2-1-3-11/h4-7,10-11,15-16H,1-3,8-9H2. The third-order valence-corrected chi connectivity index (χ3v) is 3.96. The van der Waals surface area contributed by atoms with Crippen LogP contribution in [0.25, 0.3) is 5.57 Å². The first-order chi connectivity index (χ1) is 7.83. The molecule has 0 radical (unpaired) electrons. The zero-order valence-electron chi connectivity index (χ0n) is 9.52. The maximum absolute atomic E-state index is 9.47. The van der Waals surface area contributed by atoms with Gasteiger partial charge in [0.1, 0.15) is 0 Å². The number of allylic oxidation sites excluding steroid dienone is 1. The second-order valence-electron chi connectivity index (χ2n) is 5.05. The SMILES string of the molecule is OC1C=C(c2ccc(C3CCC3)cc2)CC1. The molecule has 1 unspecified atom stereocenters. The van der Waals surface area contributed by atoms with E-state index < -0.39 is 0 Å². The van der Waals surface area contributed by atoms with E-state index >= 15 is 0 Å². The first-order valence-corrected chi connectivity index (χ1v) is 6.32. The summed E-state index contributed by atoms with van der Waals surface area (Å²) in [6.45, 7) is 0. The Morgan fingerprint density at radius 3 is 2.25 bits per heavy atom. The summed E-state index contributed by atoms with van der Waals surface area (Å²) in [5, 5.41) is 9.47. The van der Waals surface area contributed by atoms with E-state index in [0.29, 0.717) is 0 Å². The van der Waals surface area contributed by atoms with Crippen LogP contribution in [0.2, 0.25) is 0 Å². The predicted molar refractivity (Wildman–Crippen MR) is 66.3 cm³/mol. The predicted octanol–water partition coefficient (Wildman–Crippen LogP) is 3.49. The van der Waals surface area contributed by atoms with Gasteiger partial charge in [-0.25, -0.2) is 0 Å². The minimum absolute atomic E-state index is 0.221. The van der Waals surface area contributed by atoms with Crippen LogP contribution in [0.3, 0.4) is 0 Å². The lowest BCUT2D eigenvalue weighted by Crippen LogP contribution is -2.08. The van der Waals surface area contributed by atoms with Crippen molar-refractivity contribution < 1.29 is 5.11 Å². The zero-order chi connectivity index (χ0) is 11.0. The van der Waals surface area contributed by atoms with Gasteiger partial charge in [-0.1, -0.05) is 36.8 Å². The van der Waals surface area contributed by atoms with Gasteiger partial charge in [0.15, 0.2) is 0 Å². The molecule has 16 heavy (non-hydrogen) atoms. The van der Waals surface area contributed by atoms with Crippen LogP contribution in [0, 0.1) is 0 Å². The number of benzene rings is 1. The lowest BCUT2D eigenvalue weighted by Gasteiger charge is -2.25. The maximum atomic E-state index is 9.47. The molecule has 3 rings (SSSR count). The van der Waals surface area contributed by atoms with Gasteiger partial charge in [-0.05, 0) is 48.3 Å². The lowest BCUT2D eigenvalue weighted by molar-refractivity contribution is 0.223. The van der Waals surface area contributed by atoms with Crippen LogP contribution in [0.5, 0.6) is 0 Å². The molecule has 2 aliphatic rings. The van der Waals surface area contributed by atoms with Crippen LogP contribution < -0.4 is 0 Å². The Morgan fingerprint density at radius 2 is 1.75 bits per heavy atom. The van der Waals surface area contributed by atoms with E-state index in [-0.39, 0.29) is 6.10 Å². The molecule has 0 spiro atoms. The van der Waals surface area contributed by atoms with Crippen molar-refractivity contribution in [3.8, 4) is 0 Å². The topological polar surface area (TPSA) is 20.2 Å². The number of aliphatic hydroxyl groups is 1. The van der Waals surface area contributed by atoms with Gasteiger partial charge in [-0.3, -0.25) is 0 Å². The third kappa shape index (κ3) is 1.80. The molecule has 1 aromatic rings. The van der Waals surface area contributed by atoms with Crippen molar-refractivity contribution in [3.05, 3.63) is 41.5 Å². The fourth-order valence-corrected chi connectivity index (χ4v) is 2.65. The molecular formula is C15H18O. The van der Waals surface area contributed by atoms with Gasteiger partial charge in [0.2, 0.25) is 0 Å². The van der Waals surface area contributed by atoms with Crippen molar-refractivity contribution in [2.45, 2.75) is 44.1 Å². The van der Waals surface area contributed by atoms with Crippen molar-refractivity contribution in [3.63, 3.8) is 0 Å². The Hall–Kier alpha value is -1.08. The molecular weight excluding hydrogens is 196 g/mol. The molecule has 2 aliphatic carbocycles. The van der Waals surface area contributed by atoms with E-state index in [9.17, 15) is 5.11 Å². The molecule has 1 fully saturated rings. The molecule has 1 N–H and O–H groups in total. The highest BCUT2D eigenvalue weighted by molar-refractivity contribution is 5.68. The molecule has 0 heterocycles. The molecule has 0 saturated heterocycles. The first kappa shape index (κ1) is 10.1. The lowest BCUT2D eigenvalue weighted by atomic mass is 9.80. The molecule has 1 nitrogen and oxygen atoms in total. The summed E-state index contributed by atoms with van der Waals surface area (Å²) in [6.07, 6.45) is 7.80. The number of rotatable bonds is 2. The highest BCUT2D eigenvalue weighted by atomic mass is 16.3. The Kier molecular flexibility index (Phi) is 2.56. The summed E-state index contributed by atoms with van der Waals surface area (Å²) in [5.41, 5.74) is 4.10. The summed E-state index contributed by atoms with van der Waals surface area (Å²) in [4.78, 5) is 0. The highest BCUT2D eigenvalue weighted by Crippen LogP contribution is 2.37. The largest absolute Gasteiger partial charge is 0.389 e. The average Bonchev–Trinajstić information content (AvgIpc) is 2.63. The average molecular weight is 214 g/mol. The molecule has 0 aliphatic heterocycles. The van der Waals surface area contributed by atoms with Crippen molar-refractivity contribution >= 4 is 5.57 Å². The van der Waals surface area contributed by atoms with Gasteiger partial charge in [-0.2, -0.15) is 0 Å². The van der Waals surface area contributed by atoms with E-state index in [1.54, 1.807) is 0 Å². The van der Waals surface area contributed by atoms with Gasteiger partial charge in [0.25, 0.3) is 0 Å². The van der Waals surface area contributed by atoms with Crippen LogP contribution in [-0.4, -0.2) is 11.2 Å². The fourth-order valence-electron chi connectivity index (χ4n) is 2.65. The zero-order valence-corrected chi connectivity index (χ0v) is 9.52. The maximum Gasteiger partial charge on any atom is 0.0730 e. The summed E-state index contributed by atoms with van der Waals surface area (Å²) in [6, 6.07) is 8.98. The minimum atomic E-state index is -0.221. The van der Waals surface area contributed by atoms with E-state index in [1.165, 1.54) is 36.0 Å². The Balaban J connectivity index is 1.79. The minimum Gasteiger partial charge on any atom is -0.389 e. The van der Waals surface area contributed by atoms with Gasteiger partial charge in [-0.15, -0.1) is 0 Å². The summed E-state index contributed by atoms with van der Waals surface area (Å²) in [5.74, 6) is 0.817. The van der Waals surface area contributed by atoms with Crippen LogP contribution in [0.4, 0.5) is 0 Å². The Bertz CT molecular complexity index is 398. The van der Waals surface area contributed by atoms with Crippen molar-refractivity contribution in [2.75, 3.05) is 0 Å². The smallest absolute Gasteiger partial charge is 0.0730 e. The van der Waals surface area contributed by atoms with Crippen molar-refractivity contribution in [2.24, 2.45) is 0 Å². The number of aliphatic hydroxyl groups excluding tert-OH is 1. The van der Waals surface area contributed by atoms with Crippen molar-refractivity contribution in [1.82, 2.24) is 0 Å². The molecule has 1 saturated carbocycles. The second kappa shape index (κ2) is 4.06. The number of hydrogen-bond acceptors (Lipinski definition) is 1. The summed E-state index contributed by atoms with van der Waals surface area (Å²) < 4.78 is 0. The van der Waals surface area contributed by atoms with E-state index in [2.05, 4.69) is 24.3 Å². The normalized spacial score (nSPS) is 25.3. The molecule has 1 heteroatoms. The molecule has 1 aromatic carbocycles.